The monoisotopic (exact) mass is 382 g/mol. The molecule has 1 saturated heterocycles. The minimum absolute atomic E-state index is 0.0147. The van der Waals surface area contributed by atoms with Crippen molar-refractivity contribution in [2.45, 2.75) is 36.7 Å². The molecule has 142 valence electrons. The number of rotatable bonds is 6. The normalized spacial score (nSPS) is 20.5. The zero-order chi connectivity index (χ0) is 18.9. The van der Waals surface area contributed by atoms with E-state index in [0.717, 1.165) is 12.8 Å². The summed E-state index contributed by atoms with van der Waals surface area (Å²) in [6, 6.07) is 4.89. The van der Waals surface area contributed by atoms with Crippen LogP contribution in [0.5, 0.6) is 0 Å². The summed E-state index contributed by atoms with van der Waals surface area (Å²) in [6.45, 7) is 3.32. The molecule has 0 unspecified atom stereocenters. The molecule has 1 N–H and O–H groups in total. The zero-order valence-electron chi connectivity index (χ0n) is 14.5. The highest BCUT2D eigenvalue weighted by molar-refractivity contribution is 7.89. The van der Waals surface area contributed by atoms with Crippen LogP contribution in [0, 0.1) is 10.1 Å². The maximum absolute atomic E-state index is 12.7. The van der Waals surface area contributed by atoms with Crippen LogP contribution in [0.3, 0.4) is 0 Å². The third kappa shape index (κ3) is 4.02. The first-order valence-corrected chi connectivity index (χ1v) is 10.0. The maximum atomic E-state index is 12.7. The van der Waals surface area contributed by atoms with Crippen LogP contribution in [0.15, 0.2) is 29.2 Å². The van der Waals surface area contributed by atoms with E-state index >= 15 is 0 Å². The molecule has 0 bridgehead atoms. The Morgan fingerprint density at radius 1 is 1.19 bits per heavy atom. The molecule has 0 radical (unpaired) electrons. The molecule has 1 aliphatic heterocycles. The lowest BCUT2D eigenvalue weighted by molar-refractivity contribution is -0.384. The van der Waals surface area contributed by atoms with E-state index in [1.807, 2.05) is 11.8 Å². The van der Waals surface area contributed by atoms with Crippen LogP contribution < -0.4 is 5.32 Å². The molecule has 3 rings (SSSR count). The predicted molar refractivity (Wildman–Crippen MR) is 94.1 cm³/mol. The highest BCUT2D eigenvalue weighted by atomic mass is 32.2. The molecule has 1 saturated carbocycles. The summed E-state index contributed by atoms with van der Waals surface area (Å²) in [5, 5.41) is 13.7. The number of nitrogens with one attached hydrogen (secondary N) is 1. The quantitative estimate of drug-likeness (QED) is 0.568. The van der Waals surface area contributed by atoms with Crippen molar-refractivity contribution in [3.63, 3.8) is 0 Å². The average Bonchev–Trinajstić information content (AvgIpc) is 3.45. The smallest absolute Gasteiger partial charge is 0.269 e. The number of non-ortho nitro benzene ring substituents is 1. The maximum Gasteiger partial charge on any atom is 0.269 e. The summed E-state index contributed by atoms with van der Waals surface area (Å²) < 4.78 is 26.7. The fourth-order valence-electron chi connectivity index (χ4n) is 2.94. The summed E-state index contributed by atoms with van der Waals surface area (Å²) in [5.41, 5.74) is -0.149. The summed E-state index contributed by atoms with van der Waals surface area (Å²) in [6.07, 6.45) is 2.05. The van der Waals surface area contributed by atoms with Gasteiger partial charge in [0.25, 0.3) is 5.69 Å². The van der Waals surface area contributed by atoms with E-state index < -0.39 is 14.9 Å². The molecule has 26 heavy (non-hydrogen) atoms. The lowest BCUT2D eigenvalue weighted by Gasteiger charge is -2.36. The van der Waals surface area contributed by atoms with Gasteiger partial charge in [-0.3, -0.25) is 19.8 Å². The van der Waals surface area contributed by atoms with Crippen LogP contribution in [0.1, 0.15) is 19.8 Å². The van der Waals surface area contributed by atoms with Gasteiger partial charge in [0.15, 0.2) is 0 Å². The molecule has 1 aliphatic carbocycles. The highest BCUT2D eigenvalue weighted by Gasteiger charge is 2.33. The van der Waals surface area contributed by atoms with E-state index in [2.05, 4.69) is 5.32 Å². The van der Waals surface area contributed by atoms with Crippen molar-refractivity contribution < 1.29 is 18.1 Å². The van der Waals surface area contributed by atoms with E-state index in [0.29, 0.717) is 19.1 Å². The Hall–Kier alpha value is -2.04. The van der Waals surface area contributed by atoms with Gasteiger partial charge in [-0.1, -0.05) is 0 Å². The van der Waals surface area contributed by atoms with Gasteiger partial charge in [-0.15, -0.1) is 0 Å². The van der Waals surface area contributed by atoms with Crippen molar-refractivity contribution in [1.82, 2.24) is 14.5 Å². The van der Waals surface area contributed by atoms with E-state index in [4.69, 9.17) is 0 Å². The van der Waals surface area contributed by atoms with Gasteiger partial charge in [0, 0.05) is 44.4 Å². The minimum atomic E-state index is -3.70. The summed E-state index contributed by atoms with van der Waals surface area (Å²) in [5.74, 6) is -0.0147. The second kappa shape index (κ2) is 7.29. The number of carbonyl (C=O) groups excluding carboxylic acids is 1. The van der Waals surface area contributed by atoms with E-state index in [1.165, 1.54) is 28.6 Å². The average molecular weight is 382 g/mol. The molecule has 1 amide bonds. The molecular weight excluding hydrogens is 360 g/mol. The Kier molecular flexibility index (Phi) is 5.26. The molecule has 1 heterocycles. The van der Waals surface area contributed by atoms with Crippen molar-refractivity contribution in [3.8, 4) is 0 Å². The third-order valence-corrected chi connectivity index (χ3v) is 6.72. The fourth-order valence-corrected chi connectivity index (χ4v) is 4.36. The van der Waals surface area contributed by atoms with Gasteiger partial charge < -0.3 is 5.32 Å². The summed E-state index contributed by atoms with van der Waals surface area (Å²) in [7, 11) is -3.70. The molecule has 2 aliphatic rings. The van der Waals surface area contributed by atoms with Crippen LogP contribution in [0.2, 0.25) is 0 Å². The van der Waals surface area contributed by atoms with Gasteiger partial charge in [0.05, 0.1) is 15.9 Å². The van der Waals surface area contributed by atoms with Crippen molar-refractivity contribution in [2.75, 3.05) is 26.2 Å². The van der Waals surface area contributed by atoms with E-state index in [-0.39, 0.29) is 35.6 Å². The van der Waals surface area contributed by atoms with Crippen molar-refractivity contribution >= 4 is 21.6 Å². The number of piperazine rings is 1. The number of benzene rings is 1. The Labute approximate surface area is 152 Å². The van der Waals surface area contributed by atoms with Gasteiger partial charge in [-0.25, -0.2) is 8.42 Å². The van der Waals surface area contributed by atoms with Gasteiger partial charge in [-0.05, 0) is 31.9 Å². The standard InChI is InChI=1S/C16H22N4O5S/c1-12(16(21)17-13-2-3-13)18-8-10-19(11-9-18)26(24,25)15-6-4-14(5-7-15)20(22)23/h4-7,12-13H,2-3,8-11H2,1H3,(H,17,21)/t12-/m0/s1. The first kappa shape index (κ1) is 18.7. The lowest BCUT2D eigenvalue weighted by Crippen LogP contribution is -2.55. The molecule has 0 spiro atoms. The Balaban J connectivity index is 1.60. The fraction of sp³-hybridized carbons (Fsp3) is 0.562. The second-order valence-corrected chi connectivity index (χ2v) is 8.59. The van der Waals surface area contributed by atoms with Crippen LogP contribution >= 0.6 is 0 Å². The van der Waals surface area contributed by atoms with Crippen LogP contribution in [0.25, 0.3) is 0 Å². The number of nitro groups is 1. The van der Waals surface area contributed by atoms with Gasteiger partial charge >= 0.3 is 0 Å². The van der Waals surface area contributed by atoms with Crippen molar-refractivity contribution in [3.05, 3.63) is 34.4 Å². The van der Waals surface area contributed by atoms with E-state index in [9.17, 15) is 23.3 Å². The predicted octanol–water partition coefficient (Wildman–Crippen LogP) is 0.568. The molecule has 2 fully saturated rings. The first-order valence-electron chi connectivity index (χ1n) is 8.58. The molecule has 9 nitrogen and oxygen atoms in total. The highest BCUT2D eigenvalue weighted by Crippen LogP contribution is 2.22. The van der Waals surface area contributed by atoms with Crippen molar-refractivity contribution in [1.29, 1.82) is 0 Å². The number of amides is 1. The second-order valence-electron chi connectivity index (χ2n) is 6.65. The molecule has 1 aromatic rings. The Bertz CT molecular complexity index is 783. The molecular formula is C16H22N4O5S. The number of sulfonamides is 1. The first-order chi connectivity index (χ1) is 12.3. The lowest BCUT2D eigenvalue weighted by atomic mass is 10.2. The van der Waals surface area contributed by atoms with Gasteiger partial charge in [0.2, 0.25) is 15.9 Å². The summed E-state index contributed by atoms with van der Waals surface area (Å²) in [4.78, 5) is 24.3. The Morgan fingerprint density at radius 2 is 1.77 bits per heavy atom. The van der Waals surface area contributed by atoms with Gasteiger partial charge in [0.1, 0.15) is 0 Å². The topological polar surface area (TPSA) is 113 Å². The number of carbonyl (C=O) groups is 1. The zero-order valence-corrected chi connectivity index (χ0v) is 15.3. The van der Waals surface area contributed by atoms with Crippen LogP contribution in [-0.2, 0) is 14.8 Å². The van der Waals surface area contributed by atoms with Crippen LogP contribution in [0.4, 0.5) is 5.69 Å². The molecule has 1 aromatic carbocycles. The summed E-state index contributed by atoms with van der Waals surface area (Å²) >= 11 is 0. The van der Waals surface area contributed by atoms with E-state index in [1.54, 1.807) is 0 Å². The number of hydrogen-bond donors (Lipinski definition) is 1. The third-order valence-electron chi connectivity index (χ3n) is 4.81. The van der Waals surface area contributed by atoms with Crippen molar-refractivity contribution in [2.24, 2.45) is 0 Å². The SMILES string of the molecule is C[C@@H](C(=O)NC1CC1)N1CCN(S(=O)(=O)c2ccc([N+](=O)[O-])cc2)CC1. The minimum Gasteiger partial charge on any atom is -0.352 e. The number of nitrogens with zero attached hydrogens (tertiary/aromatic N) is 3. The molecule has 1 atom stereocenters. The number of hydrogen-bond acceptors (Lipinski definition) is 6. The molecule has 0 aromatic heterocycles. The van der Waals surface area contributed by atoms with Gasteiger partial charge in [-0.2, -0.15) is 4.31 Å². The molecule has 10 heteroatoms. The van der Waals surface area contributed by atoms with Crippen LogP contribution in [-0.4, -0.2) is 66.7 Å². The Morgan fingerprint density at radius 3 is 2.27 bits per heavy atom. The largest absolute Gasteiger partial charge is 0.352 e. The number of nitro benzene ring substituents is 1.